The number of carbonyl (C=O) groups excluding carboxylic acids is 2. The molecule has 0 radical (unpaired) electrons. The highest BCUT2D eigenvalue weighted by atomic mass is 35.5. The summed E-state index contributed by atoms with van der Waals surface area (Å²) in [6.07, 6.45) is 7.15. The summed E-state index contributed by atoms with van der Waals surface area (Å²) in [6, 6.07) is 13.2. The highest BCUT2D eigenvalue weighted by Gasteiger charge is 2.55. The van der Waals surface area contributed by atoms with Crippen molar-refractivity contribution in [3.05, 3.63) is 59.7 Å². The van der Waals surface area contributed by atoms with Crippen LogP contribution in [0.25, 0.3) is 0 Å². The molecule has 43 heavy (non-hydrogen) atoms. The summed E-state index contributed by atoms with van der Waals surface area (Å²) >= 11 is 0. The van der Waals surface area contributed by atoms with Crippen molar-refractivity contribution in [1.29, 1.82) is 0 Å². The molecule has 2 unspecified atom stereocenters. The summed E-state index contributed by atoms with van der Waals surface area (Å²) in [5.41, 5.74) is 0.461. The predicted octanol–water partition coefficient (Wildman–Crippen LogP) is 5.00. The molecule has 1 aliphatic carbocycles. The minimum absolute atomic E-state index is 0. The van der Waals surface area contributed by atoms with Crippen molar-refractivity contribution < 1.29 is 29.3 Å². The molecule has 1 saturated carbocycles. The Labute approximate surface area is 260 Å². The number of piperidine rings is 1. The fourth-order valence-corrected chi connectivity index (χ4v) is 6.76. The minimum Gasteiger partial charge on any atom is -0.478 e. The maximum atomic E-state index is 13.8. The normalized spacial score (nSPS) is 21.6. The molecule has 2 saturated heterocycles. The lowest BCUT2D eigenvalue weighted by atomic mass is 9.78. The van der Waals surface area contributed by atoms with Crippen LogP contribution >= 0.6 is 12.4 Å². The predicted molar refractivity (Wildman–Crippen MR) is 166 cm³/mol. The molecule has 2 atom stereocenters. The number of amides is 2. The number of carbonyl (C=O) groups is 3. The first kappa shape index (κ1) is 32.8. The molecule has 234 valence electrons. The maximum absolute atomic E-state index is 13.8. The Hall–Kier alpha value is -3.14. The van der Waals surface area contributed by atoms with Gasteiger partial charge in [0.1, 0.15) is 23.1 Å². The van der Waals surface area contributed by atoms with Crippen LogP contribution in [0.5, 0.6) is 11.5 Å². The second-order valence-corrected chi connectivity index (χ2v) is 12.1. The summed E-state index contributed by atoms with van der Waals surface area (Å²) in [4.78, 5) is 42.7. The van der Waals surface area contributed by atoms with E-state index in [2.05, 4.69) is 17.1 Å². The molecule has 0 bridgehead atoms. The van der Waals surface area contributed by atoms with Gasteiger partial charge < -0.3 is 25.2 Å². The van der Waals surface area contributed by atoms with Gasteiger partial charge in [0.05, 0.1) is 11.7 Å². The van der Waals surface area contributed by atoms with Crippen molar-refractivity contribution in [1.82, 2.24) is 15.1 Å². The molecule has 2 aromatic carbocycles. The van der Waals surface area contributed by atoms with Gasteiger partial charge in [-0.15, -0.1) is 12.4 Å². The van der Waals surface area contributed by atoms with E-state index in [9.17, 15) is 19.5 Å². The number of aliphatic hydroxyl groups is 1. The zero-order valence-electron chi connectivity index (χ0n) is 24.9. The number of aromatic carboxylic acids is 1. The van der Waals surface area contributed by atoms with Crippen LogP contribution in [0.1, 0.15) is 80.6 Å². The molecule has 2 aromatic rings. The lowest BCUT2D eigenvalue weighted by molar-refractivity contribution is -0.166. The zero-order valence-corrected chi connectivity index (χ0v) is 25.7. The number of aliphatic hydroxyl groups excluding tert-OH is 1. The van der Waals surface area contributed by atoms with Gasteiger partial charge in [0.15, 0.2) is 0 Å². The Morgan fingerprint density at radius 1 is 1.00 bits per heavy atom. The Bertz CT molecular complexity index is 1240. The van der Waals surface area contributed by atoms with E-state index in [4.69, 9.17) is 9.84 Å². The second-order valence-electron chi connectivity index (χ2n) is 12.1. The number of hydrogen-bond donors (Lipinski definition) is 3. The van der Waals surface area contributed by atoms with E-state index in [0.717, 1.165) is 50.6 Å². The van der Waals surface area contributed by atoms with Gasteiger partial charge in [-0.1, -0.05) is 44.7 Å². The third-order valence-electron chi connectivity index (χ3n) is 9.32. The van der Waals surface area contributed by atoms with Crippen molar-refractivity contribution >= 4 is 30.2 Å². The van der Waals surface area contributed by atoms with Crippen LogP contribution in [-0.4, -0.2) is 75.1 Å². The molecule has 5 rings (SSSR count). The van der Waals surface area contributed by atoms with Crippen molar-refractivity contribution in [2.24, 2.45) is 5.92 Å². The molecule has 2 aliphatic heterocycles. The number of benzene rings is 2. The smallest absolute Gasteiger partial charge is 0.335 e. The monoisotopic (exact) mass is 613 g/mol. The Kier molecular flexibility index (Phi) is 11.1. The standard InChI is InChI=1S/C33H43N3O6.ClH/c1-2-3-19-36-30(38)28(29(37)24-7-5-4-6-8-24)34-32(41)33(36)17-20-35(21-18-33)22-23-9-13-26(14-10-23)42-27-15-11-25(12-16-27)31(39)40;/h9-16,24,28-29,37H,2-8,17-22H2,1H3,(H,34,41)(H,39,40);1H. The number of rotatable bonds is 10. The number of nitrogens with zero attached hydrogens (tertiary/aromatic N) is 2. The SMILES string of the molecule is CCCCN1C(=O)C(C(O)C2CCCCC2)NC(=O)C12CCN(Cc1ccc(Oc3ccc(C(=O)O)cc3)cc1)CC2.Cl. The first-order valence-corrected chi connectivity index (χ1v) is 15.4. The number of carboxylic acids is 1. The number of unbranched alkanes of at least 4 members (excludes halogenated alkanes) is 1. The van der Waals surface area contributed by atoms with Crippen LogP contribution in [0.15, 0.2) is 48.5 Å². The summed E-state index contributed by atoms with van der Waals surface area (Å²) in [5.74, 6) is 0.0741. The molecule has 3 fully saturated rings. The molecule has 9 nitrogen and oxygen atoms in total. The summed E-state index contributed by atoms with van der Waals surface area (Å²) in [5, 5.41) is 23.2. The van der Waals surface area contributed by atoms with Crippen LogP contribution in [-0.2, 0) is 16.1 Å². The van der Waals surface area contributed by atoms with Gasteiger partial charge in [-0.25, -0.2) is 4.79 Å². The van der Waals surface area contributed by atoms with Crippen molar-refractivity contribution in [3.63, 3.8) is 0 Å². The Morgan fingerprint density at radius 2 is 1.60 bits per heavy atom. The third-order valence-corrected chi connectivity index (χ3v) is 9.32. The van der Waals surface area contributed by atoms with Crippen LogP contribution in [0.4, 0.5) is 0 Å². The van der Waals surface area contributed by atoms with Gasteiger partial charge in [-0.2, -0.15) is 0 Å². The van der Waals surface area contributed by atoms with Crippen molar-refractivity contribution in [2.45, 2.75) is 88.9 Å². The molecular formula is C33H44ClN3O6. The van der Waals surface area contributed by atoms with Crippen LogP contribution in [0.2, 0.25) is 0 Å². The average Bonchev–Trinajstić information content (AvgIpc) is 3.01. The topological polar surface area (TPSA) is 119 Å². The summed E-state index contributed by atoms with van der Waals surface area (Å²) < 4.78 is 5.86. The molecular weight excluding hydrogens is 570 g/mol. The fraction of sp³-hybridized carbons (Fsp3) is 0.545. The van der Waals surface area contributed by atoms with E-state index in [-0.39, 0.29) is 35.7 Å². The van der Waals surface area contributed by atoms with Gasteiger partial charge in [0.25, 0.3) is 0 Å². The van der Waals surface area contributed by atoms with Crippen LogP contribution < -0.4 is 10.1 Å². The maximum Gasteiger partial charge on any atom is 0.335 e. The molecule has 2 amide bonds. The molecule has 1 spiro atoms. The second kappa shape index (κ2) is 14.6. The first-order valence-electron chi connectivity index (χ1n) is 15.4. The first-order chi connectivity index (χ1) is 20.3. The molecule has 10 heteroatoms. The molecule has 3 aliphatic rings. The van der Waals surface area contributed by atoms with E-state index in [0.29, 0.717) is 44.0 Å². The fourth-order valence-electron chi connectivity index (χ4n) is 6.76. The van der Waals surface area contributed by atoms with Gasteiger partial charge in [-0.3, -0.25) is 14.5 Å². The van der Waals surface area contributed by atoms with E-state index in [1.54, 1.807) is 12.1 Å². The van der Waals surface area contributed by atoms with Crippen molar-refractivity contribution in [2.75, 3.05) is 19.6 Å². The number of nitrogens with one attached hydrogen (secondary N) is 1. The number of likely N-dealkylation sites (tertiary alicyclic amines) is 1. The number of piperazine rings is 1. The number of ether oxygens (including phenoxy) is 1. The highest BCUT2D eigenvalue weighted by Crippen LogP contribution is 2.36. The van der Waals surface area contributed by atoms with Gasteiger partial charge in [0.2, 0.25) is 11.8 Å². The van der Waals surface area contributed by atoms with Gasteiger partial charge in [0, 0.05) is 26.2 Å². The van der Waals surface area contributed by atoms with E-state index >= 15 is 0 Å². The van der Waals surface area contributed by atoms with Crippen molar-refractivity contribution in [3.8, 4) is 11.5 Å². The van der Waals surface area contributed by atoms with E-state index < -0.39 is 23.7 Å². The van der Waals surface area contributed by atoms with Gasteiger partial charge in [-0.05, 0) is 80.0 Å². The van der Waals surface area contributed by atoms with Crippen LogP contribution in [0, 0.1) is 5.92 Å². The number of hydrogen-bond acceptors (Lipinski definition) is 6. The summed E-state index contributed by atoms with van der Waals surface area (Å²) in [7, 11) is 0. The average molecular weight is 614 g/mol. The Morgan fingerprint density at radius 3 is 2.19 bits per heavy atom. The molecule has 0 aromatic heterocycles. The molecule has 3 N–H and O–H groups in total. The Balaban J connectivity index is 0.00000423. The lowest BCUT2D eigenvalue weighted by Crippen LogP contribution is -2.75. The number of carboxylic acid groups (broad SMARTS) is 1. The highest BCUT2D eigenvalue weighted by molar-refractivity contribution is 6.00. The lowest BCUT2D eigenvalue weighted by Gasteiger charge is -2.52. The largest absolute Gasteiger partial charge is 0.478 e. The summed E-state index contributed by atoms with van der Waals surface area (Å²) in [6.45, 7) is 4.72. The number of halogens is 1. The minimum atomic E-state index is -0.975. The third kappa shape index (κ3) is 7.33. The van der Waals surface area contributed by atoms with Gasteiger partial charge >= 0.3 is 5.97 Å². The van der Waals surface area contributed by atoms with E-state index in [1.165, 1.54) is 18.6 Å². The molecule has 2 heterocycles. The zero-order chi connectivity index (χ0) is 29.7. The van der Waals surface area contributed by atoms with Crippen LogP contribution in [0.3, 0.4) is 0 Å². The van der Waals surface area contributed by atoms with E-state index in [1.807, 2.05) is 29.2 Å². The quantitative estimate of drug-likeness (QED) is 0.345.